The van der Waals surface area contributed by atoms with E-state index in [0.717, 1.165) is 5.56 Å². The van der Waals surface area contributed by atoms with Gasteiger partial charge in [-0.3, -0.25) is 4.79 Å². The number of fused-ring (bicyclic) bond motifs is 1. The zero-order valence-corrected chi connectivity index (χ0v) is 9.64. The van der Waals surface area contributed by atoms with Crippen LogP contribution in [0.2, 0.25) is 0 Å². The summed E-state index contributed by atoms with van der Waals surface area (Å²) in [5, 5.41) is 10.3. The maximum Gasteiger partial charge on any atom is 0.198 e. The number of hydrogen-bond acceptors (Lipinski definition) is 3. The van der Waals surface area contributed by atoms with Gasteiger partial charge in [0.15, 0.2) is 5.43 Å². The molecule has 0 saturated heterocycles. The van der Waals surface area contributed by atoms with E-state index in [4.69, 9.17) is 4.42 Å². The second kappa shape index (κ2) is 4.55. The summed E-state index contributed by atoms with van der Waals surface area (Å²) in [7, 11) is 0. The van der Waals surface area contributed by atoms with Gasteiger partial charge in [0, 0.05) is 0 Å². The highest BCUT2D eigenvalue weighted by Crippen LogP contribution is 2.18. The van der Waals surface area contributed by atoms with Crippen molar-refractivity contribution in [1.82, 2.24) is 0 Å². The Kier molecular flexibility index (Phi) is 3.11. The minimum absolute atomic E-state index is 0.177. The van der Waals surface area contributed by atoms with E-state index in [9.17, 15) is 9.90 Å². The lowest BCUT2D eigenvalue weighted by molar-refractivity contribution is 0.178. The molecule has 1 aromatic carbocycles. The largest absolute Gasteiger partial charge is 0.464 e. The number of hydrogen-bond donors (Lipinski definition) is 1. The number of rotatable bonds is 3. The molecule has 0 radical (unpaired) electrons. The van der Waals surface area contributed by atoms with Crippen molar-refractivity contribution in [2.24, 2.45) is 0 Å². The van der Waals surface area contributed by atoms with Crippen LogP contribution >= 0.6 is 0 Å². The van der Waals surface area contributed by atoms with Crippen LogP contribution in [-0.2, 0) is 0 Å². The van der Waals surface area contributed by atoms with Gasteiger partial charge in [0.1, 0.15) is 11.8 Å². The van der Waals surface area contributed by atoms with Crippen LogP contribution in [-0.4, -0.2) is 5.11 Å². The molecule has 1 unspecified atom stereocenters. The van der Waals surface area contributed by atoms with Gasteiger partial charge in [0.05, 0.1) is 17.1 Å². The first kappa shape index (κ1) is 11.6. The molecular weight excluding hydrogens is 216 g/mol. The van der Waals surface area contributed by atoms with Gasteiger partial charge < -0.3 is 9.52 Å². The van der Waals surface area contributed by atoms with Crippen LogP contribution in [0.15, 0.2) is 46.3 Å². The predicted octanol–water partition coefficient (Wildman–Crippen LogP) is 2.71. The molecule has 17 heavy (non-hydrogen) atoms. The lowest BCUT2D eigenvalue weighted by Crippen LogP contribution is -2.13. The zero-order chi connectivity index (χ0) is 12.4. The van der Waals surface area contributed by atoms with E-state index in [-0.39, 0.29) is 11.0 Å². The average molecular weight is 230 g/mol. The molecule has 0 aliphatic carbocycles. The Hall–Kier alpha value is -1.87. The highest BCUT2D eigenvalue weighted by atomic mass is 16.3. The number of aliphatic hydroxyl groups is 1. The van der Waals surface area contributed by atoms with Crippen LogP contribution in [0, 0.1) is 6.92 Å². The van der Waals surface area contributed by atoms with E-state index in [1.807, 2.05) is 13.0 Å². The van der Waals surface area contributed by atoms with Gasteiger partial charge in [-0.15, -0.1) is 6.58 Å². The second-order valence-corrected chi connectivity index (χ2v) is 4.06. The number of aryl methyl sites for hydroxylation is 1. The molecule has 88 valence electrons. The fraction of sp³-hybridized carbons (Fsp3) is 0.214. The molecule has 2 rings (SSSR count). The van der Waals surface area contributed by atoms with E-state index in [1.165, 1.54) is 6.26 Å². The third-order valence-corrected chi connectivity index (χ3v) is 2.70. The van der Waals surface area contributed by atoms with Crippen LogP contribution < -0.4 is 5.43 Å². The quantitative estimate of drug-likeness (QED) is 0.825. The van der Waals surface area contributed by atoms with Gasteiger partial charge in [-0.2, -0.15) is 0 Å². The maximum absolute atomic E-state index is 12.1. The molecule has 1 atom stereocenters. The lowest BCUT2D eigenvalue weighted by Gasteiger charge is -2.07. The summed E-state index contributed by atoms with van der Waals surface area (Å²) in [5.74, 6) is 0. The summed E-state index contributed by atoms with van der Waals surface area (Å²) in [6, 6.07) is 5.41. The molecule has 0 aliphatic heterocycles. The van der Waals surface area contributed by atoms with Gasteiger partial charge in [0.2, 0.25) is 0 Å². The molecule has 0 bridgehead atoms. The SMILES string of the molecule is C=CCC(O)c1coc2ccc(C)cc2c1=O. The third-order valence-electron chi connectivity index (χ3n) is 2.70. The molecule has 3 heteroatoms. The molecule has 3 nitrogen and oxygen atoms in total. The van der Waals surface area contributed by atoms with Crippen LogP contribution in [0.3, 0.4) is 0 Å². The fourth-order valence-corrected chi connectivity index (χ4v) is 1.77. The van der Waals surface area contributed by atoms with Gasteiger partial charge >= 0.3 is 0 Å². The Bertz CT molecular complexity index is 610. The Morgan fingerprint density at radius 1 is 1.53 bits per heavy atom. The van der Waals surface area contributed by atoms with Crippen LogP contribution in [0.4, 0.5) is 0 Å². The van der Waals surface area contributed by atoms with Crippen molar-refractivity contribution in [2.45, 2.75) is 19.4 Å². The predicted molar refractivity (Wildman–Crippen MR) is 67.0 cm³/mol. The van der Waals surface area contributed by atoms with Crippen molar-refractivity contribution in [2.75, 3.05) is 0 Å². The minimum Gasteiger partial charge on any atom is -0.464 e. The average Bonchev–Trinajstić information content (AvgIpc) is 2.30. The van der Waals surface area contributed by atoms with E-state index < -0.39 is 6.10 Å². The first-order valence-electron chi connectivity index (χ1n) is 5.44. The Labute approximate surface area is 99.0 Å². The summed E-state index contributed by atoms with van der Waals surface area (Å²) in [5.41, 5.74) is 1.63. The van der Waals surface area contributed by atoms with E-state index in [1.54, 1.807) is 18.2 Å². The molecule has 1 aromatic heterocycles. The van der Waals surface area contributed by atoms with Crippen molar-refractivity contribution in [3.8, 4) is 0 Å². The first-order valence-corrected chi connectivity index (χ1v) is 5.44. The molecule has 0 fully saturated rings. The van der Waals surface area contributed by atoms with Crippen molar-refractivity contribution < 1.29 is 9.52 Å². The lowest BCUT2D eigenvalue weighted by atomic mass is 10.1. The molecule has 0 saturated carbocycles. The summed E-state index contributed by atoms with van der Waals surface area (Å²) in [4.78, 5) is 12.1. The fourth-order valence-electron chi connectivity index (χ4n) is 1.77. The van der Waals surface area contributed by atoms with Crippen LogP contribution in [0.25, 0.3) is 11.0 Å². The molecular formula is C14H14O3. The molecule has 2 aromatic rings. The highest BCUT2D eigenvalue weighted by molar-refractivity contribution is 5.77. The summed E-state index contributed by atoms with van der Waals surface area (Å²) in [6.45, 7) is 5.45. The summed E-state index contributed by atoms with van der Waals surface area (Å²) < 4.78 is 5.35. The topological polar surface area (TPSA) is 50.4 Å². The minimum atomic E-state index is -0.853. The van der Waals surface area contributed by atoms with Gasteiger partial charge in [-0.25, -0.2) is 0 Å². The van der Waals surface area contributed by atoms with Crippen molar-refractivity contribution >= 4 is 11.0 Å². The number of aliphatic hydroxyl groups excluding tert-OH is 1. The molecule has 0 amide bonds. The zero-order valence-electron chi connectivity index (χ0n) is 9.64. The van der Waals surface area contributed by atoms with Crippen molar-refractivity contribution in [3.05, 3.63) is 58.5 Å². The normalized spacial score (nSPS) is 12.6. The summed E-state index contributed by atoms with van der Waals surface area (Å²) in [6.07, 6.45) is 2.38. The highest BCUT2D eigenvalue weighted by Gasteiger charge is 2.13. The van der Waals surface area contributed by atoms with Crippen LogP contribution in [0.1, 0.15) is 23.7 Å². The second-order valence-electron chi connectivity index (χ2n) is 4.06. The standard InChI is InChI=1S/C14H14O3/c1-3-4-12(15)11-8-17-13-6-5-9(2)7-10(13)14(11)16/h3,5-8,12,15H,1,4H2,2H3. The molecule has 0 aliphatic rings. The maximum atomic E-state index is 12.1. The van der Waals surface area contributed by atoms with Crippen molar-refractivity contribution in [3.63, 3.8) is 0 Å². The Balaban J connectivity index is 2.64. The first-order chi connectivity index (χ1) is 8.13. The van der Waals surface area contributed by atoms with E-state index in [0.29, 0.717) is 17.4 Å². The molecule has 1 heterocycles. The Morgan fingerprint density at radius 2 is 2.29 bits per heavy atom. The molecule has 1 N–H and O–H groups in total. The van der Waals surface area contributed by atoms with E-state index in [2.05, 4.69) is 6.58 Å². The molecule has 0 spiro atoms. The monoisotopic (exact) mass is 230 g/mol. The Morgan fingerprint density at radius 3 is 3.00 bits per heavy atom. The number of benzene rings is 1. The third kappa shape index (κ3) is 2.15. The summed E-state index contributed by atoms with van der Waals surface area (Å²) >= 11 is 0. The smallest absolute Gasteiger partial charge is 0.198 e. The van der Waals surface area contributed by atoms with Crippen molar-refractivity contribution in [1.29, 1.82) is 0 Å². The van der Waals surface area contributed by atoms with Gasteiger partial charge in [-0.1, -0.05) is 17.7 Å². The van der Waals surface area contributed by atoms with E-state index >= 15 is 0 Å². The van der Waals surface area contributed by atoms with Gasteiger partial charge in [0.25, 0.3) is 0 Å². The van der Waals surface area contributed by atoms with Gasteiger partial charge in [-0.05, 0) is 25.5 Å². The van der Waals surface area contributed by atoms with Crippen LogP contribution in [0.5, 0.6) is 0 Å².